The average Bonchev–Trinajstić information content (AvgIpc) is 3.40. The number of methoxy groups -OCH3 is 1. The second-order valence-corrected chi connectivity index (χ2v) is 9.14. The van der Waals surface area contributed by atoms with Crippen LogP contribution in [-0.2, 0) is 14.3 Å². The predicted octanol–water partition coefficient (Wildman–Crippen LogP) is 4.08. The molecule has 1 aliphatic rings. The lowest BCUT2D eigenvalue weighted by atomic mass is 9.94. The Morgan fingerprint density at radius 2 is 1.91 bits per heavy atom. The van der Waals surface area contributed by atoms with E-state index >= 15 is 0 Å². The van der Waals surface area contributed by atoms with Gasteiger partial charge in [0, 0.05) is 31.3 Å². The molecule has 2 aromatic rings. The fourth-order valence-electron chi connectivity index (χ4n) is 4.17. The number of nitrogens with zero attached hydrogens (tertiary/aromatic N) is 1. The number of rotatable bonds is 11. The highest BCUT2D eigenvalue weighted by Gasteiger charge is 2.32. The normalized spacial score (nSPS) is 15.0. The Morgan fingerprint density at radius 3 is 2.54 bits per heavy atom. The zero-order valence-electron chi connectivity index (χ0n) is 19.9. The molecule has 35 heavy (non-hydrogen) atoms. The third-order valence-electron chi connectivity index (χ3n) is 5.98. The SMILES string of the molecule is COCCN(C(=O)/C=C/c1ccco1)C(C(=O)NC1CCCCC1)c1ccc(C(=O)NCI)cc1. The lowest BCUT2D eigenvalue weighted by molar-refractivity contribution is -0.138. The van der Waals surface area contributed by atoms with Gasteiger partial charge in [0.1, 0.15) is 11.8 Å². The van der Waals surface area contributed by atoms with Gasteiger partial charge in [-0.2, -0.15) is 0 Å². The third kappa shape index (κ3) is 7.93. The molecule has 0 radical (unpaired) electrons. The molecule has 3 amide bonds. The van der Waals surface area contributed by atoms with Crippen LogP contribution in [-0.4, -0.2) is 53.5 Å². The first kappa shape index (κ1) is 26.9. The van der Waals surface area contributed by atoms with E-state index in [1.807, 2.05) is 0 Å². The highest BCUT2D eigenvalue weighted by molar-refractivity contribution is 14.1. The van der Waals surface area contributed by atoms with Gasteiger partial charge in [-0.05, 0) is 48.7 Å². The molecule has 8 nitrogen and oxygen atoms in total. The van der Waals surface area contributed by atoms with Crippen LogP contribution in [0.5, 0.6) is 0 Å². The molecule has 1 fully saturated rings. The number of hydrogen-bond donors (Lipinski definition) is 2. The van der Waals surface area contributed by atoms with Crippen LogP contribution < -0.4 is 10.6 Å². The van der Waals surface area contributed by atoms with Crippen molar-refractivity contribution < 1.29 is 23.5 Å². The molecule has 0 bridgehead atoms. The lowest BCUT2D eigenvalue weighted by Crippen LogP contribution is -2.47. The monoisotopic (exact) mass is 593 g/mol. The number of furan rings is 1. The van der Waals surface area contributed by atoms with E-state index in [0.717, 1.165) is 25.7 Å². The molecule has 1 unspecified atom stereocenters. The molecule has 1 aromatic carbocycles. The number of carbonyl (C=O) groups excluding carboxylic acids is 3. The van der Waals surface area contributed by atoms with E-state index in [2.05, 4.69) is 33.2 Å². The maximum Gasteiger partial charge on any atom is 0.251 e. The summed E-state index contributed by atoms with van der Waals surface area (Å²) in [6.45, 7) is 0.487. The topological polar surface area (TPSA) is 101 Å². The molecule has 2 N–H and O–H groups in total. The number of hydrogen-bond acceptors (Lipinski definition) is 5. The standard InChI is InChI=1S/C26H32IN3O5/c1-34-17-15-30(23(31)14-13-22-8-5-16-35-22)24(26(33)29-21-6-3-2-4-7-21)19-9-11-20(12-10-19)25(32)28-18-27/h5,8-14,16,21,24H,2-4,6-7,15,17-18H2,1H3,(H,28,32)(H,29,33)/b14-13+. The number of alkyl halides is 1. The van der Waals surface area contributed by atoms with Gasteiger partial charge in [0.15, 0.2) is 0 Å². The quantitative estimate of drug-likeness (QED) is 0.177. The summed E-state index contributed by atoms with van der Waals surface area (Å²) < 4.78 is 11.0. The van der Waals surface area contributed by atoms with Crippen LogP contribution in [0.2, 0.25) is 0 Å². The van der Waals surface area contributed by atoms with Crippen molar-refractivity contribution in [1.29, 1.82) is 0 Å². The van der Waals surface area contributed by atoms with Crippen LogP contribution in [0, 0.1) is 0 Å². The molecule has 1 heterocycles. The van der Waals surface area contributed by atoms with E-state index < -0.39 is 6.04 Å². The van der Waals surface area contributed by atoms with Gasteiger partial charge in [-0.15, -0.1) is 0 Å². The van der Waals surface area contributed by atoms with Crippen LogP contribution in [0.1, 0.15) is 59.8 Å². The first-order valence-electron chi connectivity index (χ1n) is 11.8. The Labute approximate surface area is 219 Å². The van der Waals surface area contributed by atoms with Crippen LogP contribution in [0.4, 0.5) is 0 Å². The smallest absolute Gasteiger partial charge is 0.251 e. The van der Waals surface area contributed by atoms with Crippen molar-refractivity contribution in [3.05, 3.63) is 65.6 Å². The molecule has 0 aliphatic heterocycles. The van der Waals surface area contributed by atoms with Gasteiger partial charge in [0.05, 0.1) is 17.4 Å². The Balaban J connectivity index is 1.91. The minimum absolute atomic E-state index is 0.0884. The highest BCUT2D eigenvalue weighted by Crippen LogP contribution is 2.25. The fraction of sp³-hybridized carbons (Fsp3) is 0.423. The Morgan fingerprint density at radius 1 is 1.17 bits per heavy atom. The largest absolute Gasteiger partial charge is 0.465 e. The molecule has 1 saturated carbocycles. The van der Waals surface area contributed by atoms with Gasteiger partial charge in [-0.25, -0.2) is 0 Å². The summed E-state index contributed by atoms with van der Waals surface area (Å²) in [5.41, 5.74) is 1.12. The van der Waals surface area contributed by atoms with Crippen LogP contribution in [0.25, 0.3) is 6.08 Å². The van der Waals surface area contributed by atoms with Crippen LogP contribution in [0.3, 0.4) is 0 Å². The van der Waals surface area contributed by atoms with Gasteiger partial charge >= 0.3 is 0 Å². The average molecular weight is 593 g/mol. The minimum Gasteiger partial charge on any atom is -0.465 e. The van der Waals surface area contributed by atoms with E-state index in [0.29, 0.717) is 21.4 Å². The number of nitrogens with one attached hydrogen (secondary N) is 2. The zero-order chi connectivity index (χ0) is 25.0. The van der Waals surface area contributed by atoms with Crippen molar-refractivity contribution in [2.24, 2.45) is 0 Å². The number of halogens is 1. The number of amides is 3. The maximum atomic E-state index is 13.6. The van der Waals surface area contributed by atoms with Crippen molar-refractivity contribution in [2.75, 3.05) is 24.8 Å². The summed E-state index contributed by atoms with van der Waals surface area (Å²) in [6, 6.07) is 9.52. The number of ether oxygens (including phenoxy) is 1. The summed E-state index contributed by atoms with van der Waals surface area (Å²) in [5.74, 6) is -0.229. The van der Waals surface area contributed by atoms with Crippen molar-refractivity contribution in [3.63, 3.8) is 0 Å². The molecule has 1 aliphatic carbocycles. The van der Waals surface area contributed by atoms with Crippen molar-refractivity contribution in [3.8, 4) is 0 Å². The van der Waals surface area contributed by atoms with Crippen molar-refractivity contribution >= 4 is 46.4 Å². The molecule has 1 aromatic heterocycles. The van der Waals surface area contributed by atoms with E-state index in [1.54, 1.807) is 49.6 Å². The van der Waals surface area contributed by atoms with Crippen molar-refractivity contribution in [2.45, 2.75) is 44.2 Å². The Hall–Kier alpha value is -2.66. The molecular weight excluding hydrogens is 561 g/mol. The molecule has 9 heteroatoms. The first-order chi connectivity index (χ1) is 17.0. The molecule has 1 atom stereocenters. The van der Waals surface area contributed by atoms with E-state index in [9.17, 15) is 14.4 Å². The third-order valence-corrected chi connectivity index (χ3v) is 6.36. The minimum atomic E-state index is -0.873. The van der Waals surface area contributed by atoms with Crippen LogP contribution in [0.15, 0.2) is 53.2 Å². The van der Waals surface area contributed by atoms with E-state index in [4.69, 9.17) is 9.15 Å². The summed E-state index contributed by atoms with van der Waals surface area (Å²) in [7, 11) is 1.55. The summed E-state index contributed by atoms with van der Waals surface area (Å²) in [6.07, 6.45) is 9.70. The van der Waals surface area contributed by atoms with Gasteiger partial charge in [0.25, 0.3) is 5.91 Å². The van der Waals surface area contributed by atoms with Crippen LogP contribution >= 0.6 is 22.6 Å². The Bertz CT molecular complexity index is 985. The van der Waals surface area contributed by atoms with E-state index in [-0.39, 0.29) is 36.9 Å². The Kier molecular flexibility index (Phi) is 10.8. The zero-order valence-corrected chi connectivity index (χ0v) is 22.0. The van der Waals surface area contributed by atoms with Gasteiger partial charge in [-0.3, -0.25) is 14.4 Å². The second kappa shape index (κ2) is 14.0. The summed E-state index contributed by atoms with van der Waals surface area (Å²) in [4.78, 5) is 40.6. The molecule has 0 spiro atoms. The number of benzene rings is 1. The number of carbonyl (C=O) groups is 3. The predicted molar refractivity (Wildman–Crippen MR) is 142 cm³/mol. The first-order valence-corrected chi connectivity index (χ1v) is 13.3. The second-order valence-electron chi connectivity index (χ2n) is 8.38. The van der Waals surface area contributed by atoms with Gasteiger partial charge < -0.3 is 24.7 Å². The maximum absolute atomic E-state index is 13.6. The van der Waals surface area contributed by atoms with Gasteiger partial charge in [-0.1, -0.05) is 54.0 Å². The fourth-order valence-corrected chi connectivity index (χ4v) is 4.52. The van der Waals surface area contributed by atoms with E-state index in [1.165, 1.54) is 23.7 Å². The lowest BCUT2D eigenvalue weighted by Gasteiger charge is -2.32. The molecule has 0 saturated heterocycles. The van der Waals surface area contributed by atoms with Gasteiger partial charge in [0.2, 0.25) is 11.8 Å². The molecule has 188 valence electrons. The summed E-state index contributed by atoms with van der Waals surface area (Å²) in [5, 5.41) is 5.92. The summed E-state index contributed by atoms with van der Waals surface area (Å²) >= 11 is 2.07. The van der Waals surface area contributed by atoms with Crippen molar-refractivity contribution in [1.82, 2.24) is 15.5 Å². The molecular formula is C26H32IN3O5. The highest BCUT2D eigenvalue weighted by atomic mass is 127. The molecule has 3 rings (SSSR count).